The Labute approximate surface area is 128 Å². The van der Waals surface area contributed by atoms with E-state index in [0.29, 0.717) is 19.5 Å². The van der Waals surface area contributed by atoms with Crippen LogP contribution < -0.4 is 5.32 Å². The summed E-state index contributed by atoms with van der Waals surface area (Å²) in [4.78, 5) is 13.6. The zero-order valence-corrected chi connectivity index (χ0v) is 13.6. The van der Waals surface area contributed by atoms with Gasteiger partial charge in [0.1, 0.15) is 0 Å². The van der Waals surface area contributed by atoms with Crippen LogP contribution in [0.5, 0.6) is 0 Å². The van der Waals surface area contributed by atoms with Gasteiger partial charge in [0.15, 0.2) is 0 Å². The summed E-state index contributed by atoms with van der Waals surface area (Å²) in [5, 5.41) is 12.2. The van der Waals surface area contributed by atoms with Gasteiger partial charge in [0, 0.05) is 20.1 Å². The minimum Gasteiger partial charge on any atom is -0.393 e. The lowest BCUT2D eigenvalue weighted by Crippen LogP contribution is -2.43. The summed E-state index contributed by atoms with van der Waals surface area (Å²) in [7, 11) is 1.75. The zero-order chi connectivity index (χ0) is 15.9. The third-order valence-corrected chi connectivity index (χ3v) is 3.47. The Morgan fingerprint density at radius 2 is 1.95 bits per heavy atom. The van der Waals surface area contributed by atoms with E-state index in [4.69, 9.17) is 0 Å². The summed E-state index contributed by atoms with van der Waals surface area (Å²) in [5.41, 5.74) is 1.28. The van der Waals surface area contributed by atoms with Crippen LogP contribution in [0.3, 0.4) is 0 Å². The molecule has 1 aromatic rings. The van der Waals surface area contributed by atoms with Crippen LogP contribution in [0.25, 0.3) is 0 Å². The number of nitrogens with one attached hydrogen (secondary N) is 1. The number of hydrogen-bond donors (Lipinski definition) is 2. The maximum absolute atomic E-state index is 12.0. The predicted octanol–water partition coefficient (Wildman–Crippen LogP) is 2.67. The second kappa shape index (κ2) is 8.03. The smallest absolute Gasteiger partial charge is 0.317 e. The topological polar surface area (TPSA) is 52.6 Å². The van der Waals surface area contributed by atoms with Gasteiger partial charge in [-0.2, -0.15) is 0 Å². The third-order valence-electron chi connectivity index (χ3n) is 3.47. The molecule has 0 spiro atoms. The molecular formula is C17H28N2O2. The molecule has 21 heavy (non-hydrogen) atoms. The van der Waals surface area contributed by atoms with Crippen molar-refractivity contribution in [2.45, 2.75) is 39.7 Å². The molecule has 4 nitrogen and oxygen atoms in total. The Morgan fingerprint density at radius 3 is 2.52 bits per heavy atom. The Morgan fingerprint density at radius 1 is 1.33 bits per heavy atom. The van der Waals surface area contributed by atoms with Crippen molar-refractivity contribution in [3.63, 3.8) is 0 Å². The molecule has 1 rings (SSSR count). The number of carbonyl (C=O) groups is 1. The number of hydrogen-bond acceptors (Lipinski definition) is 2. The molecule has 1 atom stereocenters. The number of nitrogens with zero attached hydrogens (tertiary/aromatic N) is 1. The van der Waals surface area contributed by atoms with Gasteiger partial charge < -0.3 is 15.3 Å². The minimum absolute atomic E-state index is 0.00211. The lowest BCUT2D eigenvalue weighted by Gasteiger charge is -2.27. The van der Waals surface area contributed by atoms with Crippen LogP contribution in [0.15, 0.2) is 30.3 Å². The van der Waals surface area contributed by atoms with Crippen molar-refractivity contribution in [3.05, 3.63) is 35.9 Å². The molecular weight excluding hydrogens is 264 g/mol. The molecule has 0 aromatic heterocycles. The number of amides is 2. The summed E-state index contributed by atoms with van der Waals surface area (Å²) < 4.78 is 0. The van der Waals surface area contributed by atoms with Crippen LogP contribution >= 0.6 is 0 Å². The first-order chi connectivity index (χ1) is 9.80. The SMILES string of the molecule is CC(O)CCN(C)C(=O)NCC(C)(C)Cc1ccccc1. The van der Waals surface area contributed by atoms with Crippen molar-refractivity contribution in [2.75, 3.05) is 20.1 Å². The van der Waals surface area contributed by atoms with Gasteiger partial charge in [-0.15, -0.1) is 0 Å². The molecule has 0 aliphatic rings. The summed E-state index contributed by atoms with van der Waals surface area (Å²) >= 11 is 0. The molecule has 0 radical (unpaired) electrons. The highest BCUT2D eigenvalue weighted by molar-refractivity contribution is 5.73. The van der Waals surface area contributed by atoms with Crippen molar-refractivity contribution in [1.29, 1.82) is 0 Å². The molecule has 0 aliphatic heterocycles. The highest BCUT2D eigenvalue weighted by atomic mass is 16.3. The number of aliphatic hydroxyl groups excluding tert-OH is 1. The van der Waals surface area contributed by atoms with Crippen molar-refractivity contribution >= 4 is 6.03 Å². The summed E-state index contributed by atoms with van der Waals surface area (Å²) in [6, 6.07) is 10.2. The quantitative estimate of drug-likeness (QED) is 0.812. The number of carbonyl (C=O) groups excluding carboxylic acids is 1. The van der Waals surface area contributed by atoms with Crippen LogP contribution in [-0.4, -0.2) is 42.3 Å². The maximum atomic E-state index is 12.0. The van der Waals surface area contributed by atoms with Gasteiger partial charge in [0.25, 0.3) is 0 Å². The van der Waals surface area contributed by atoms with E-state index in [1.807, 2.05) is 18.2 Å². The van der Waals surface area contributed by atoms with E-state index >= 15 is 0 Å². The first-order valence-corrected chi connectivity index (χ1v) is 7.51. The molecule has 0 aliphatic carbocycles. The number of benzene rings is 1. The zero-order valence-electron chi connectivity index (χ0n) is 13.6. The normalized spacial score (nSPS) is 12.8. The first-order valence-electron chi connectivity index (χ1n) is 7.51. The van der Waals surface area contributed by atoms with Crippen molar-refractivity contribution < 1.29 is 9.90 Å². The summed E-state index contributed by atoms with van der Waals surface area (Å²) in [6.45, 7) is 7.21. The second-order valence-corrected chi connectivity index (χ2v) is 6.54. The van der Waals surface area contributed by atoms with Crippen LogP contribution in [0.1, 0.15) is 32.8 Å². The molecule has 1 aromatic carbocycles. The molecule has 2 amide bonds. The molecule has 1 unspecified atom stereocenters. The Bertz CT molecular complexity index is 430. The van der Waals surface area contributed by atoms with Gasteiger partial charge in [-0.3, -0.25) is 0 Å². The van der Waals surface area contributed by atoms with Gasteiger partial charge in [0.05, 0.1) is 6.10 Å². The van der Waals surface area contributed by atoms with E-state index in [0.717, 1.165) is 6.42 Å². The summed E-state index contributed by atoms with van der Waals surface area (Å²) in [6.07, 6.45) is 1.14. The predicted molar refractivity (Wildman–Crippen MR) is 86.3 cm³/mol. The van der Waals surface area contributed by atoms with E-state index in [1.165, 1.54) is 5.56 Å². The van der Waals surface area contributed by atoms with E-state index in [1.54, 1.807) is 18.9 Å². The molecule has 0 saturated heterocycles. The first kappa shape index (κ1) is 17.5. The number of rotatable bonds is 7. The van der Waals surface area contributed by atoms with Crippen molar-refractivity contribution in [1.82, 2.24) is 10.2 Å². The van der Waals surface area contributed by atoms with E-state index in [2.05, 4.69) is 31.3 Å². The van der Waals surface area contributed by atoms with Crippen LogP contribution in [0.4, 0.5) is 4.79 Å². The van der Waals surface area contributed by atoms with Crippen molar-refractivity contribution in [2.24, 2.45) is 5.41 Å². The molecule has 2 N–H and O–H groups in total. The van der Waals surface area contributed by atoms with Gasteiger partial charge in [-0.25, -0.2) is 4.79 Å². The van der Waals surface area contributed by atoms with E-state index in [-0.39, 0.29) is 17.6 Å². The van der Waals surface area contributed by atoms with E-state index < -0.39 is 0 Å². The molecule has 118 valence electrons. The fourth-order valence-electron chi connectivity index (χ4n) is 2.14. The van der Waals surface area contributed by atoms with Crippen LogP contribution in [0, 0.1) is 5.41 Å². The largest absolute Gasteiger partial charge is 0.393 e. The highest BCUT2D eigenvalue weighted by Gasteiger charge is 2.20. The maximum Gasteiger partial charge on any atom is 0.317 e. The van der Waals surface area contributed by atoms with Crippen molar-refractivity contribution in [3.8, 4) is 0 Å². The second-order valence-electron chi connectivity index (χ2n) is 6.54. The minimum atomic E-state index is -0.380. The number of urea groups is 1. The average Bonchev–Trinajstić information content (AvgIpc) is 2.42. The average molecular weight is 292 g/mol. The Kier molecular flexibility index (Phi) is 6.69. The van der Waals surface area contributed by atoms with Gasteiger partial charge in [-0.05, 0) is 30.7 Å². The number of aliphatic hydroxyl groups is 1. The third kappa shape index (κ3) is 7.14. The lowest BCUT2D eigenvalue weighted by atomic mass is 9.86. The highest BCUT2D eigenvalue weighted by Crippen LogP contribution is 2.20. The van der Waals surface area contributed by atoms with Gasteiger partial charge in [0.2, 0.25) is 0 Å². The Balaban J connectivity index is 2.40. The standard InChI is InChI=1S/C17H28N2O2/c1-14(20)10-11-19(4)16(21)18-13-17(2,3)12-15-8-6-5-7-9-15/h5-9,14,20H,10-13H2,1-4H3,(H,18,21). The molecule has 0 saturated carbocycles. The fraction of sp³-hybridized carbons (Fsp3) is 0.588. The fourth-order valence-corrected chi connectivity index (χ4v) is 2.14. The summed E-state index contributed by atoms with van der Waals surface area (Å²) in [5.74, 6) is 0. The van der Waals surface area contributed by atoms with Gasteiger partial charge in [-0.1, -0.05) is 44.2 Å². The van der Waals surface area contributed by atoms with Crippen LogP contribution in [-0.2, 0) is 6.42 Å². The Hall–Kier alpha value is -1.55. The molecule has 4 heteroatoms. The monoisotopic (exact) mass is 292 g/mol. The van der Waals surface area contributed by atoms with E-state index in [9.17, 15) is 9.90 Å². The molecule has 0 heterocycles. The van der Waals surface area contributed by atoms with Gasteiger partial charge >= 0.3 is 6.03 Å². The lowest BCUT2D eigenvalue weighted by molar-refractivity contribution is 0.162. The molecule has 0 fully saturated rings. The van der Waals surface area contributed by atoms with Crippen LogP contribution in [0.2, 0.25) is 0 Å². The molecule has 0 bridgehead atoms.